The number of carboxylic acids is 1. The molecule has 2 aromatic heterocycles. The number of hydrogen-bond acceptors (Lipinski definition) is 6. The molecule has 0 radical (unpaired) electrons. The van der Waals surface area contributed by atoms with Crippen molar-refractivity contribution in [3.8, 4) is 5.88 Å². The van der Waals surface area contributed by atoms with Crippen LogP contribution in [0.1, 0.15) is 42.7 Å². The zero-order chi connectivity index (χ0) is 23.4. The van der Waals surface area contributed by atoms with E-state index in [0.717, 1.165) is 5.56 Å². The fourth-order valence-corrected chi connectivity index (χ4v) is 3.45. The number of carboxylic acid groups (broad SMARTS) is 1. The number of aromatic carboxylic acids is 1. The number of pyridine rings is 2. The normalized spacial score (nSPS) is 12.2. The smallest absolute Gasteiger partial charge is 0.341 e. The molecule has 9 heteroatoms. The van der Waals surface area contributed by atoms with E-state index in [-0.39, 0.29) is 35.3 Å². The van der Waals surface area contributed by atoms with Crippen LogP contribution in [0.4, 0.5) is 10.1 Å². The lowest BCUT2D eigenvalue weighted by Gasteiger charge is -2.24. The van der Waals surface area contributed by atoms with Crippen molar-refractivity contribution in [3.63, 3.8) is 0 Å². The molecule has 3 rings (SSSR count). The van der Waals surface area contributed by atoms with Gasteiger partial charge in [-0.05, 0) is 36.6 Å². The van der Waals surface area contributed by atoms with Crippen LogP contribution in [0.25, 0.3) is 11.0 Å². The number of ether oxygens (including phenoxy) is 1. The minimum Gasteiger partial charge on any atom is -0.477 e. The Labute approximate surface area is 184 Å². The lowest BCUT2D eigenvalue weighted by atomic mass is 10.0. The number of anilines is 1. The van der Waals surface area contributed by atoms with Crippen LogP contribution in [-0.2, 0) is 6.54 Å². The Balaban J connectivity index is 2.19. The quantitative estimate of drug-likeness (QED) is 0.464. The molecule has 8 nitrogen and oxygen atoms in total. The van der Waals surface area contributed by atoms with E-state index in [4.69, 9.17) is 4.74 Å². The highest BCUT2D eigenvalue weighted by Crippen LogP contribution is 2.29. The van der Waals surface area contributed by atoms with Crippen LogP contribution >= 0.6 is 0 Å². The van der Waals surface area contributed by atoms with Crippen molar-refractivity contribution in [2.75, 3.05) is 18.5 Å². The topological polar surface area (TPSA) is 114 Å². The van der Waals surface area contributed by atoms with Crippen molar-refractivity contribution in [2.24, 2.45) is 5.92 Å². The highest BCUT2D eigenvalue weighted by molar-refractivity contribution is 5.93. The maximum atomic E-state index is 13.2. The van der Waals surface area contributed by atoms with Gasteiger partial charge in [-0.25, -0.2) is 9.18 Å². The molecule has 0 fully saturated rings. The van der Waals surface area contributed by atoms with Gasteiger partial charge < -0.3 is 24.8 Å². The SMILES string of the molecule is CCOc1nc2c(cc1NCc1ccc(F)cc1)c(=O)c(C(=O)O)cn2C(CO)C(C)C. The number of nitrogens with one attached hydrogen (secondary N) is 1. The van der Waals surface area contributed by atoms with Crippen molar-refractivity contribution in [2.45, 2.75) is 33.4 Å². The van der Waals surface area contributed by atoms with Crippen molar-refractivity contribution >= 4 is 22.7 Å². The molecule has 170 valence electrons. The molecule has 0 aliphatic rings. The number of fused-ring (bicyclic) bond motifs is 1. The highest BCUT2D eigenvalue weighted by Gasteiger charge is 2.23. The monoisotopic (exact) mass is 443 g/mol. The average Bonchev–Trinajstić information content (AvgIpc) is 2.75. The van der Waals surface area contributed by atoms with Gasteiger partial charge in [-0.15, -0.1) is 0 Å². The molecule has 1 atom stereocenters. The minimum absolute atomic E-state index is 0.0547. The number of aliphatic hydroxyl groups is 1. The van der Waals surface area contributed by atoms with Crippen molar-refractivity contribution in [1.29, 1.82) is 0 Å². The Morgan fingerprint density at radius 1 is 1.28 bits per heavy atom. The molecule has 0 bridgehead atoms. The molecule has 0 saturated carbocycles. The Morgan fingerprint density at radius 3 is 2.53 bits per heavy atom. The summed E-state index contributed by atoms with van der Waals surface area (Å²) in [7, 11) is 0. The molecule has 0 aliphatic heterocycles. The van der Waals surface area contributed by atoms with Crippen LogP contribution in [0.15, 0.2) is 41.3 Å². The van der Waals surface area contributed by atoms with Crippen molar-refractivity contribution in [3.05, 3.63) is 63.7 Å². The number of rotatable bonds is 9. The van der Waals surface area contributed by atoms with Gasteiger partial charge in [0.2, 0.25) is 11.3 Å². The predicted molar refractivity (Wildman–Crippen MR) is 119 cm³/mol. The van der Waals surface area contributed by atoms with Gasteiger partial charge >= 0.3 is 5.97 Å². The van der Waals surface area contributed by atoms with Gasteiger partial charge in [0.05, 0.1) is 30.3 Å². The largest absolute Gasteiger partial charge is 0.477 e. The van der Waals surface area contributed by atoms with Crippen molar-refractivity contribution < 1.29 is 24.1 Å². The maximum absolute atomic E-state index is 13.2. The van der Waals surface area contributed by atoms with E-state index in [2.05, 4.69) is 10.3 Å². The molecule has 3 aromatic rings. The van der Waals surface area contributed by atoms with E-state index in [1.165, 1.54) is 29.0 Å². The third-order valence-corrected chi connectivity index (χ3v) is 5.19. The molecule has 0 amide bonds. The Hall–Kier alpha value is -3.46. The molecule has 1 unspecified atom stereocenters. The van der Waals surface area contributed by atoms with Crippen LogP contribution in [0.3, 0.4) is 0 Å². The fraction of sp³-hybridized carbons (Fsp3) is 0.348. The first-order chi connectivity index (χ1) is 15.3. The summed E-state index contributed by atoms with van der Waals surface area (Å²) in [6, 6.07) is 6.96. The zero-order valence-corrected chi connectivity index (χ0v) is 18.1. The number of halogens is 1. The molecule has 1 aromatic carbocycles. The summed E-state index contributed by atoms with van der Waals surface area (Å²) in [5.74, 6) is -1.53. The Kier molecular flexibility index (Phi) is 7.09. The second kappa shape index (κ2) is 9.78. The van der Waals surface area contributed by atoms with Crippen LogP contribution < -0.4 is 15.5 Å². The highest BCUT2D eigenvalue weighted by atomic mass is 19.1. The van der Waals surface area contributed by atoms with Gasteiger partial charge in [-0.2, -0.15) is 4.98 Å². The van der Waals surface area contributed by atoms with Gasteiger partial charge in [-0.1, -0.05) is 26.0 Å². The average molecular weight is 443 g/mol. The predicted octanol–water partition coefficient (Wildman–Crippen LogP) is 3.43. The van der Waals surface area contributed by atoms with E-state index >= 15 is 0 Å². The van der Waals surface area contributed by atoms with Gasteiger partial charge in [0.1, 0.15) is 17.0 Å². The van der Waals surface area contributed by atoms with Gasteiger partial charge in [-0.3, -0.25) is 4.79 Å². The van der Waals surface area contributed by atoms with Crippen molar-refractivity contribution in [1.82, 2.24) is 9.55 Å². The lowest BCUT2D eigenvalue weighted by molar-refractivity contribution is 0.0694. The maximum Gasteiger partial charge on any atom is 0.341 e. The molecule has 2 heterocycles. The first-order valence-corrected chi connectivity index (χ1v) is 10.3. The molecule has 0 spiro atoms. The Bertz CT molecular complexity index is 1170. The molecular formula is C23H26FN3O5. The number of aromatic nitrogens is 2. The summed E-state index contributed by atoms with van der Waals surface area (Å²) in [4.78, 5) is 29.2. The summed E-state index contributed by atoms with van der Waals surface area (Å²) in [5.41, 5.74) is 0.339. The standard InChI is InChI=1S/C23H26FN3O5/c1-4-32-22-18(25-10-14-5-7-15(24)8-6-14)9-16-20(29)17(23(30)31)11-27(21(16)26-22)19(12-28)13(2)3/h5-9,11,13,19,25,28H,4,10,12H2,1-3H3,(H,30,31). The summed E-state index contributed by atoms with van der Waals surface area (Å²) >= 11 is 0. The Morgan fingerprint density at radius 2 is 1.97 bits per heavy atom. The first kappa shape index (κ1) is 23.2. The van der Waals surface area contributed by atoms with Crippen LogP contribution in [-0.4, -0.2) is 38.9 Å². The van der Waals surface area contributed by atoms with E-state index in [1.807, 2.05) is 13.8 Å². The summed E-state index contributed by atoms with van der Waals surface area (Å²) in [6.07, 6.45) is 1.22. The third-order valence-electron chi connectivity index (χ3n) is 5.19. The summed E-state index contributed by atoms with van der Waals surface area (Å²) < 4.78 is 20.4. The number of nitrogens with zero attached hydrogens (tertiary/aromatic N) is 2. The van der Waals surface area contributed by atoms with E-state index < -0.39 is 23.0 Å². The molecule has 3 N–H and O–H groups in total. The third kappa shape index (κ3) is 4.72. The number of aliphatic hydroxyl groups excluding tert-OH is 1. The minimum atomic E-state index is -1.36. The molecule has 0 aliphatic carbocycles. The lowest BCUT2D eigenvalue weighted by Crippen LogP contribution is -2.26. The van der Waals surface area contributed by atoms with E-state index in [9.17, 15) is 24.2 Å². The molecular weight excluding hydrogens is 417 g/mol. The number of carbonyl (C=O) groups is 1. The van der Waals surface area contributed by atoms with Gasteiger partial charge in [0.25, 0.3) is 0 Å². The fourth-order valence-electron chi connectivity index (χ4n) is 3.45. The van der Waals surface area contributed by atoms with Crippen LogP contribution in [0, 0.1) is 11.7 Å². The second-order valence-electron chi connectivity index (χ2n) is 7.70. The summed E-state index contributed by atoms with van der Waals surface area (Å²) in [6.45, 7) is 5.92. The second-order valence-corrected chi connectivity index (χ2v) is 7.70. The summed E-state index contributed by atoms with van der Waals surface area (Å²) in [5, 5.41) is 22.7. The van der Waals surface area contributed by atoms with Crippen LogP contribution in [0.5, 0.6) is 5.88 Å². The molecule has 0 saturated heterocycles. The first-order valence-electron chi connectivity index (χ1n) is 10.3. The van der Waals surface area contributed by atoms with Crippen LogP contribution in [0.2, 0.25) is 0 Å². The zero-order valence-electron chi connectivity index (χ0n) is 18.1. The van der Waals surface area contributed by atoms with E-state index in [1.54, 1.807) is 19.1 Å². The van der Waals surface area contributed by atoms with Gasteiger partial charge in [0.15, 0.2) is 0 Å². The van der Waals surface area contributed by atoms with Gasteiger partial charge in [0, 0.05) is 12.7 Å². The van der Waals surface area contributed by atoms with E-state index in [0.29, 0.717) is 18.8 Å². The number of benzene rings is 1. The molecule has 32 heavy (non-hydrogen) atoms. The number of hydrogen-bond donors (Lipinski definition) is 3.